The Labute approximate surface area is 190 Å². The molecule has 0 bridgehead atoms. The van der Waals surface area contributed by atoms with Crippen molar-refractivity contribution in [2.75, 3.05) is 10.5 Å². The molecule has 11 heteroatoms. The van der Waals surface area contributed by atoms with Crippen LogP contribution in [0.5, 0.6) is 0 Å². The van der Waals surface area contributed by atoms with Crippen LogP contribution in [0.3, 0.4) is 0 Å². The Morgan fingerprint density at radius 3 is 2.27 bits per heavy atom. The number of carbonyl (C=O) groups excluding carboxylic acids is 1. The highest BCUT2D eigenvalue weighted by atomic mass is 32.2. The number of aromatic nitrogens is 4. The smallest absolute Gasteiger partial charge is 0.261 e. The summed E-state index contributed by atoms with van der Waals surface area (Å²) in [6.45, 7) is 0.346. The lowest BCUT2D eigenvalue weighted by Gasteiger charge is -2.08. The van der Waals surface area contributed by atoms with Crippen LogP contribution in [0.4, 0.5) is 11.6 Å². The van der Waals surface area contributed by atoms with Gasteiger partial charge in [0, 0.05) is 6.54 Å². The fraction of sp³-hybridized carbons (Fsp3) is 0.0909. The second-order valence-corrected chi connectivity index (χ2v) is 8.82. The van der Waals surface area contributed by atoms with Crippen LogP contribution in [0, 0.1) is 0 Å². The minimum Gasteiger partial charge on any atom is -0.369 e. The second-order valence-electron chi connectivity index (χ2n) is 7.14. The van der Waals surface area contributed by atoms with Crippen LogP contribution < -0.4 is 15.8 Å². The van der Waals surface area contributed by atoms with E-state index in [0.717, 1.165) is 16.8 Å². The Kier molecular flexibility index (Phi) is 6.31. The number of imidazole rings is 1. The van der Waals surface area contributed by atoms with Gasteiger partial charge in [0.1, 0.15) is 5.82 Å². The van der Waals surface area contributed by atoms with Crippen molar-refractivity contribution >= 4 is 27.6 Å². The van der Waals surface area contributed by atoms with Gasteiger partial charge in [-0.3, -0.25) is 9.52 Å². The molecule has 0 aliphatic carbocycles. The third-order valence-corrected chi connectivity index (χ3v) is 6.08. The third kappa shape index (κ3) is 5.71. The van der Waals surface area contributed by atoms with Gasteiger partial charge in [0.05, 0.1) is 41.3 Å². The maximum absolute atomic E-state index is 12.3. The number of carbonyl (C=O) groups is 1. The Hall–Kier alpha value is -4.25. The molecule has 0 fully saturated rings. The Bertz CT molecular complexity index is 1340. The Morgan fingerprint density at radius 2 is 1.64 bits per heavy atom. The number of nitrogens with one attached hydrogen (secondary N) is 3. The molecule has 2 heterocycles. The number of nitrogen functional groups attached to an aromatic ring is 1. The van der Waals surface area contributed by atoms with Crippen LogP contribution in [-0.4, -0.2) is 34.3 Å². The molecule has 0 atom stereocenters. The summed E-state index contributed by atoms with van der Waals surface area (Å²) in [5.74, 6) is 0.380. The largest absolute Gasteiger partial charge is 0.369 e. The van der Waals surface area contributed by atoms with Gasteiger partial charge in [-0.2, -0.15) is 0 Å². The molecule has 0 radical (unpaired) electrons. The van der Waals surface area contributed by atoms with Crippen LogP contribution in [0.15, 0.2) is 78.1 Å². The minimum atomic E-state index is -3.73. The standard InChI is InChI=1S/C22H21N7O3S/c23-22-27-14-19(28-22)16-8-6-15(7-9-16)11-26-21(30)10-20-24-12-17(13-25-20)29-33(31,32)18-4-2-1-3-5-18/h1-9,12-14,29H,10-11H2,(H,26,30)(H3,23,27,28). The molecule has 168 valence electrons. The van der Waals surface area contributed by atoms with Crippen molar-refractivity contribution in [3.63, 3.8) is 0 Å². The van der Waals surface area contributed by atoms with Crippen molar-refractivity contribution in [2.24, 2.45) is 0 Å². The van der Waals surface area contributed by atoms with E-state index in [9.17, 15) is 13.2 Å². The first-order valence-corrected chi connectivity index (χ1v) is 11.4. The van der Waals surface area contributed by atoms with E-state index in [1.165, 1.54) is 24.5 Å². The zero-order valence-corrected chi connectivity index (χ0v) is 18.2. The number of anilines is 2. The first-order chi connectivity index (χ1) is 15.9. The summed E-state index contributed by atoms with van der Waals surface area (Å²) >= 11 is 0. The minimum absolute atomic E-state index is 0.0305. The number of hydrogen-bond donors (Lipinski definition) is 4. The van der Waals surface area contributed by atoms with Crippen molar-refractivity contribution in [1.82, 2.24) is 25.3 Å². The van der Waals surface area contributed by atoms with Crippen LogP contribution in [0.25, 0.3) is 11.3 Å². The van der Waals surface area contributed by atoms with Gasteiger partial charge >= 0.3 is 0 Å². The van der Waals surface area contributed by atoms with Gasteiger partial charge in [-0.05, 0) is 23.3 Å². The van der Waals surface area contributed by atoms with Crippen LogP contribution in [0.2, 0.25) is 0 Å². The Balaban J connectivity index is 1.29. The molecular weight excluding hydrogens is 442 g/mol. The molecule has 4 rings (SSSR count). The van der Waals surface area contributed by atoms with E-state index in [0.29, 0.717) is 12.5 Å². The summed E-state index contributed by atoms with van der Waals surface area (Å²) in [4.78, 5) is 27.5. The lowest BCUT2D eigenvalue weighted by atomic mass is 10.1. The van der Waals surface area contributed by atoms with E-state index in [1.807, 2.05) is 24.3 Å². The SMILES string of the molecule is Nc1ncc(-c2ccc(CNC(=O)Cc3ncc(NS(=O)(=O)c4ccccc4)cn3)cc2)[nH]1. The van der Waals surface area contributed by atoms with E-state index in [1.54, 1.807) is 24.4 Å². The molecule has 0 spiro atoms. The fourth-order valence-electron chi connectivity index (χ4n) is 3.00. The lowest BCUT2D eigenvalue weighted by molar-refractivity contribution is -0.120. The predicted octanol–water partition coefficient (Wildman–Crippen LogP) is 2.11. The number of H-pyrrole nitrogens is 1. The summed E-state index contributed by atoms with van der Waals surface area (Å²) in [7, 11) is -3.73. The molecule has 0 aliphatic heterocycles. The molecular formula is C22H21N7O3S. The summed E-state index contributed by atoms with van der Waals surface area (Å²) in [6, 6.07) is 15.6. The topological polar surface area (TPSA) is 156 Å². The molecule has 0 aliphatic rings. The first-order valence-electron chi connectivity index (χ1n) is 9.94. The summed E-state index contributed by atoms with van der Waals surface area (Å²) in [5, 5.41) is 2.81. The predicted molar refractivity (Wildman–Crippen MR) is 123 cm³/mol. The van der Waals surface area contributed by atoms with Crippen molar-refractivity contribution < 1.29 is 13.2 Å². The van der Waals surface area contributed by atoms with E-state index in [-0.39, 0.29) is 28.7 Å². The van der Waals surface area contributed by atoms with Crippen LogP contribution in [-0.2, 0) is 27.8 Å². The Morgan fingerprint density at radius 1 is 0.939 bits per heavy atom. The summed E-state index contributed by atoms with van der Waals surface area (Å²) in [5.41, 5.74) is 8.48. The van der Waals surface area contributed by atoms with Gasteiger partial charge in [-0.25, -0.2) is 23.4 Å². The number of aromatic amines is 1. The van der Waals surface area contributed by atoms with Gasteiger partial charge in [-0.1, -0.05) is 42.5 Å². The number of sulfonamides is 1. The van der Waals surface area contributed by atoms with Crippen LogP contribution >= 0.6 is 0 Å². The van der Waals surface area contributed by atoms with Gasteiger partial charge in [0.2, 0.25) is 5.91 Å². The average molecular weight is 464 g/mol. The van der Waals surface area contributed by atoms with Crippen LogP contribution in [0.1, 0.15) is 11.4 Å². The van der Waals surface area contributed by atoms with E-state index in [2.05, 4.69) is 30.0 Å². The third-order valence-electron chi connectivity index (χ3n) is 4.68. The van der Waals surface area contributed by atoms with E-state index in [4.69, 9.17) is 5.73 Å². The number of nitrogens with zero attached hydrogens (tertiary/aromatic N) is 3. The quantitative estimate of drug-likeness (QED) is 0.312. The maximum Gasteiger partial charge on any atom is 0.261 e. The van der Waals surface area contributed by atoms with Crippen molar-refractivity contribution in [3.05, 3.63) is 84.6 Å². The molecule has 2 aromatic heterocycles. The van der Waals surface area contributed by atoms with E-state index < -0.39 is 10.0 Å². The van der Waals surface area contributed by atoms with Crippen molar-refractivity contribution in [3.8, 4) is 11.3 Å². The monoisotopic (exact) mass is 463 g/mol. The molecule has 33 heavy (non-hydrogen) atoms. The fourth-order valence-corrected chi connectivity index (χ4v) is 4.05. The number of amides is 1. The molecule has 0 saturated carbocycles. The average Bonchev–Trinajstić information content (AvgIpc) is 3.26. The molecule has 1 amide bonds. The van der Waals surface area contributed by atoms with Gasteiger partial charge < -0.3 is 16.0 Å². The van der Waals surface area contributed by atoms with Crippen molar-refractivity contribution in [2.45, 2.75) is 17.9 Å². The second kappa shape index (κ2) is 9.49. The number of nitrogens with two attached hydrogens (primary N) is 1. The number of benzene rings is 2. The lowest BCUT2D eigenvalue weighted by Crippen LogP contribution is -2.25. The number of hydrogen-bond acceptors (Lipinski definition) is 7. The summed E-state index contributed by atoms with van der Waals surface area (Å²) in [6.07, 6.45) is 4.29. The highest BCUT2D eigenvalue weighted by Crippen LogP contribution is 2.18. The zero-order valence-electron chi connectivity index (χ0n) is 17.4. The highest BCUT2D eigenvalue weighted by molar-refractivity contribution is 7.92. The first kappa shape index (κ1) is 22.0. The molecule has 4 aromatic rings. The summed E-state index contributed by atoms with van der Waals surface area (Å²) < 4.78 is 27.1. The molecule has 10 nitrogen and oxygen atoms in total. The normalized spacial score (nSPS) is 11.2. The van der Waals surface area contributed by atoms with Gasteiger partial charge in [0.25, 0.3) is 10.0 Å². The van der Waals surface area contributed by atoms with Gasteiger partial charge in [-0.15, -0.1) is 0 Å². The van der Waals surface area contributed by atoms with E-state index >= 15 is 0 Å². The molecule has 2 aromatic carbocycles. The zero-order chi connectivity index (χ0) is 23.3. The number of rotatable bonds is 8. The molecule has 0 unspecified atom stereocenters. The van der Waals surface area contributed by atoms with Gasteiger partial charge in [0.15, 0.2) is 5.95 Å². The molecule has 0 saturated heterocycles. The van der Waals surface area contributed by atoms with Crippen molar-refractivity contribution in [1.29, 1.82) is 0 Å². The highest BCUT2D eigenvalue weighted by Gasteiger charge is 2.14. The maximum atomic E-state index is 12.3. The molecule has 5 N–H and O–H groups in total.